The number of likely N-dealkylation sites (tertiary alicyclic amines) is 2. The summed E-state index contributed by atoms with van der Waals surface area (Å²) in [6, 6.07) is 5.91. The molecular weight excluding hydrogens is 366 g/mol. The fourth-order valence-electron chi connectivity index (χ4n) is 5.20. The second-order valence-corrected chi connectivity index (χ2v) is 8.84. The van der Waals surface area contributed by atoms with Gasteiger partial charge < -0.3 is 14.5 Å². The summed E-state index contributed by atoms with van der Waals surface area (Å²) in [5.41, 5.74) is 1.42. The van der Waals surface area contributed by atoms with Crippen LogP contribution in [0.1, 0.15) is 74.0 Å². The van der Waals surface area contributed by atoms with Crippen LogP contribution in [0.3, 0.4) is 0 Å². The van der Waals surface area contributed by atoms with Gasteiger partial charge in [0, 0.05) is 31.4 Å². The third-order valence-corrected chi connectivity index (χ3v) is 6.83. The monoisotopic (exact) mass is 399 g/mol. The van der Waals surface area contributed by atoms with Crippen LogP contribution in [0.25, 0.3) is 0 Å². The number of aromatic nitrogens is 1. The first-order chi connectivity index (χ1) is 14.1. The molecule has 1 aromatic heterocycles. The Morgan fingerprint density at radius 3 is 2.41 bits per heavy atom. The molecule has 1 aliphatic carbocycles. The number of carbonyl (C=O) groups excluding carboxylic acids is 2. The van der Waals surface area contributed by atoms with E-state index in [-0.39, 0.29) is 24.1 Å². The summed E-state index contributed by atoms with van der Waals surface area (Å²) in [6.07, 6.45) is 9.48. The van der Waals surface area contributed by atoms with Crippen molar-refractivity contribution in [3.63, 3.8) is 0 Å². The van der Waals surface area contributed by atoms with Crippen molar-refractivity contribution >= 4 is 12.0 Å². The second-order valence-electron chi connectivity index (χ2n) is 8.84. The lowest BCUT2D eigenvalue weighted by molar-refractivity contribution is 0.0298. The Morgan fingerprint density at radius 2 is 1.69 bits per heavy atom. The smallest absolute Gasteiger partial charge is 0.410 e. The van der Waals surface area contributed by atoms with Crippen LogP contribution in [0.2, 0.25) is 0 Å². The highest BCUT2D eigenvalue weighted by atomic mass is 16.6. The van der Waals surface area contributed by atoms with Crippen molar-refractivity contribution in [3.8, 4) is 0 Å². The molecule has 0 aromatic carbocycles. The van der Waals surface area contributed by atoms with Gasteiger partial charge in [-0.2, -0.15) is 0 Å². The Morgan fingerprint density at radius 1 is 0.966 bits per heavy atom. The van der Waals surface area contributed by atoms with Gasteiger partial charge in [-0.1, -0.05) is 6.07 Å². The molecule has 1 aromatic rings. The van der Waals surface area contributed by atoms with Crippen molar-refractivity contribution in [1.82, 2.24) is 14.8 Å². The maximum absolute atomic E-state index is 13.1. The van der Waals surface area contributed by atoms with Gasteiger partial charge >= 0.3 is 6.09 Å². The molecule has 0 N–H and O–H groups in total. The molecule has 1 saturated carbocycles. The van der Waals surface area contributed by atoms with Crippen molar-refractivity contribution in [2.45, 2.75) is 76.9 Å². The minimum atomic E-state index is -0.143. The highest BCUT2D eigenvalue weighted by Crippen LogP contribution is 2.32. The predicted octanol–water partition coefficient (Wildman–Crippen LogP) is 4.18. The van der Waals surface area contributed by atoms with Crippen LogP contribution in [0.15, 0.2) is 18.2 Å². The van der Waals surface area contributed by atoms with Crippen LogP contribution in [-0.2, 0) is 4.74 Å². The first-order valence-corrected chi connectivity index (χ1v) is 11.3. The molecule has 6 heteroatoms. The number of aryl methyl sites for hydroxylation is 1. The van der Waals surface area contributed by atoms with Gasteiger partial charge in [0.1, 0.15) is 11.8 Å². The lowest BCUT2D eigenvalue weighted by Crippen LogP contribution is -2.51. The maximum Gasteiger partial charge on any atom is 0.410 e. The zero-order valence-corrected chi connectivity index (χ0v) is 17.5. The number of ether oxygens (including phenoxy) is 1. The zero-order chi connectivity index (χ0) is 20.2. The SMILES string of the molecule is Cc1cccc(C(=O)N2CCCCC2C2CCN(C(=O)OC3CCCC3)CC2)n1. The highest BCUT2D eigenvalue weighted by molar-refractivity contribution is 5.92. The Kier molecular flexibility index (Phi) is 6.36. The molecule has 4 rings (SSSR count). The molecule has 0 bridgehead atoms. The van der Waals surface area contributed by atoms with Gasteiger partial charge in [-0.05, 0) is 82.8 Å². The summed E-state index contributed by atoms with van der Waals surface area (Å²) in [5, 5.41) is 0. The van der Waals surface area contributed by atoms with E-state index in [0.717, 1.165) is 63.9 Å². The van der Waals surface area contributed by atoms with Gasteiger partial charge in [-0.25, -0.2) is 9.78 Å². The Hall–Kier alpha value is -2.11. The highest BCUT2D eigenvalue weighted by Gasteiger charge is 2.36. The van der Waals surface area contributed by atoms with E-state index in [0.29, 0.717) is 11.6 Å². The molecule has 3 aliphatic rings. The molecular formula is C23H33N3O3. The molecule has 3 heterocycles. The number of rotatable bonds is 3. The van der Waals surface area contributed by atoms with Crippen molar-refractivity contribution in [2.75, 3.05) is 19.6 Å². The fourth-order valence-corrected chi connectivity index (χ4v) is 5.20. The van der Waals surface area contributed by atoms with E-state index in [9.17, 15) is 9.59 Å². The van der Waals surface area contributed by atoms with Crippen LogP contribution in [-0.4, -0.2) is 58.6 Å². The molecule has 2 aliphatic heterocycles. The maximum atomic E-state index is 13.1. The quantitative estimate of drug-likeness (QED) is 0.765. The topological polar surface area (TPSA) is 62.7 Å². The van der Waals surface area contributed by atoms with Gasteiger partial charge in [0.15, 0.2) is 0 Å². The Bertz CT molecular complexity index is 724. The molecule has 2 amide bonds. The van der Waals surface area contributed by atoms with E-state index >= 15 is 0 Å². The van der Waals surface area contributed by atoms with Gasteiger partial charge in [0.2, 0.25) is 0 Å². The van der Waals surface area contributed by atoms with E-state index in [1.54, 1.807) is 0 Å². The lowest BCUT2D eigenvalue weighted by atomic mass is 9.83. The minimum absolute atomic E-state index is 0.0569. The summed E-state index contributed by atoms with van der Waals surface area (Å²) in [7, 11) is 0. The van der Waals surface area contributed by atoms with Gasteiger partial charge in [-0.3, -0.25) is 4.79 Å². The number of hydrogen-bond acceptors (Lipinski definition) is 4. The molecule has 3 fully saturated rings. The number of nitrogens with zero attached hydrogens (tertiary/aromatic N) is 3. The molecule has 0 spiro atoms. The van der Waals surface area contributed by atoms with E-state index in [1.165, 1.54) is 19.3 Å². The molecule has 2 saturated heterocycles. The van der Waals surface area contributed by atoms with E-state index < -0.39 is 0 Å². The first-order valence-electron chi connectivity index (χ1n) is 11.3. The average molecular weight is 400 g/mol. The zero-order valence-electron chi connectivity index (χ0n) is 17.5. The Balaban J connectivity index is 1.35. The number of hydrogen-bond donors (Lipinski definition) is 0. The van der Waals surface area contributed by atoms with Crippen LogP contribution >= 0.6 is 0 Å². The standard InChI is InChI=1S/C23H33N3O3/c1-17-7-6-10-20(24-17)22(27)26-14-5-4-11-21(26)18-12-15-25(16-13-18)23(28)29-19-8-2-3-9-19/h6-7,10,18-19,21H,2-5,8-9,11-16H2,1H3. The number of piperidine rings is 2. The van der Waals surface area contributed by atoms with Crippen LogP contribution in [0.5, 0.6) is 0 Å². The van der Waals surface area contributed by atoms with E-state index in [2.05, 4.69) is 9.88 Å². The summed E-state index contributed by atoms with van der Waals surface area (Å²) < 4.78 is 5.67. The molecule has 158 valence electrons. The minimum Gasteiger partial charge on any atom is -0.446 e. The molecule has 1 unspecified atom stereocenters. The van der Waals surface area contributed by atoms with E-state index in [1.807, 2.05) is 30.0 Å². The Labute approximate surface area is 173 Å². The summed E-state index contributed by atoms with van der Waals surface area (Å²) in [6.45, 7) is 4.20. The molecule has 6 nitrogen and oxygen atoms in total. The summed E-state index contributed by atoms with van der Waals surface area (Å²) in [5.74, 6) is 0.501. The largest absolute Gasteiger partial charge is 0.446 e. The van der Waals surface area contributed by atoms with Crippen molar-refractivity contribution in [2.24, 2.45) is 5.92 Å². The third-order valence-electron chi connectivity index (χ3n) is 6.83. The van der Waals surface area contributed by atoms with Crippen LogP contribution in [0, 0.1) is 12.8 Å². The number of pyridine rings is 1. The number of amides is 2. The predicted molar refractivity (Wildman–Crippen MR) is 111 cm³/mol. The molecule has 1 atom stereocenters. The van der Waals surface area contributed by atoms with Crippen LogP contribution < -0.4 is 0 Å². The molecule has 0 radical (unpaired) electrons. The van der Waals surface area contributed by atoms with Gasteiger partial charge in [0.25, 0.3) is 5.91 Å². The van der Waals surface area contributed by atoms with Gasteiger partial charge in [0.05, 0.1) is 0 Å². The average Bonchev–Trinajstić information content (AvgIpc) is 3.26. The normalized spacial score (nSPS) is 24.0. The second kappa shape index (κ2) is 9.14. The number of carbonyl (C=O) groups is 2. The van der Waals surface area contributed by atoms with Crippen molar-refractivity contribution in [3.05, 3.63) is 29.6 Å². The van der Waals surface area contributed by atoms with Gasteiger partial charge in [-0.15, -0.1) is 0 Å². The third kappa shape index (κ3) is 4.73. The fraction of sp³-hybridized carbons (Fsp3) is 0.696. The molecule has 29 heavy (non-hydrogen) atoms. The van der Waals surface area contributed by atoms with Crippen LogP contribution in [0.4, 0.5) is 4.79 Å². The van der Waals surface area contributed by atoms with Crippen molar-refractivity contribution in [1.29, 1.82) is 0 Å². The summed E-state index contributed by atoms with van der Waals surface area (Å²) in [4.78, 5) is 34.0. The van der Waals surface area contributed by atoms with E-state index in [4.69, 9.17) is 4.74 Å². The first kappa shape index (κ1) is 20.2. The lowest BCUT2D eigenvalue weighted by Gasteiger charge is -2.43. The summed E-state index contributed by atoms with van der Waals surface area (Å²) >= 11 is 0. The van der Waals surface area contributed by atoms with Crippen molar-refractivity contribution < 1.29 is 14.3 Å².